The highest BCUT2D eigenvalue weighted by Crippen LogP contribution is 2.01. The van der Waals surface area contributed by atoms with Gasteiger partial charge in [-0.1, -0.05) is 0 Å². The van der Waals surface area contributed by atoms with E-state index in [9.17, 15) is 4.79 Å². The number of nitrogens with zero attached hydrogens (tertiary/aromatic N) is 1. The van der Waals surface area contributed by atoms with Gasteiger partial charge in [0.2, 0.25) is 0 Å². The molecule has 0 aliphatic heterocycles. The number of hydrogen-bond donors (Lipinski definition) is 0. The Kier molecular flexibility index (Phi) is 6.08. The molecule has 0 saturated heterocycles. The number of esters is 1. The second-order valence-corrected chi connectivity index (χ2v) is 2.90. The van der Waals surface area contributed by atoms with Crippen molar-refractivity contribution in [3.8, 4) is 6.07 Å². The first-order valence-corrected chi connectivity index (χ1v) is 4.23. The first-order chi connectivity index (χ1) is 5.66. The summed E-state index contributed by atoms with van der Waals surface area (Å²) in [5.74, 6) is -0.164. The van der Waals surface area contributed by atoms with Gasteiger partial charge in [0.25, 0.3) is 0 Å². The van der Waals surface area contributed by atoms with Crippen LogP contribution in [0, 0.1) is 11.3 Å². The zero-order valence-corrected chi connectivity index (χ0v) is 7.67. The number of carbonyl (C=O) groups is 1. The van der Waals surface area contributed by atoms with Crippen LogP contribution < -0.4 is 0 Å². The lowest BCUT2D eigenvalue weighted by atomic mass is 10.2. The van der Waals surface area contributed by atoms with Gasteiger partial charge in [-0.25, -0.2) is 0 Å². The Hall–Kier alpha value is -1.04. The molecule has 0 spiro atoms. The van der Waals surface area contributed by atoms with Crippen molar-refractivity contribution in [1.29, 1.82) is 5.26 Å². The molecule has 0 radical (unpaired) electrons. The lowest BCUT2D eigenvalue weighted by molar-refractivity contribution is -0.147. The van der Waals surface area contributed by atoms with Gasteiger partial charge in [0.05, 0.1) is 12.2 Å². The van der Waals surface area contributed by atoms with Crippen molar-refractivity contribution in [2.45, 2.75) is 45.6 Å². The van der Waals surface area contributed by atoms with Gasteiger partial charge in [0.1, 0.15) is 0 Å². The standard InChI is InChI=1S/C9H15NO2/c1-8(2)12-9(11)6-4-3-5-7-10/h8H,3-6H2,1-2H3. The molecule has 0 atom stereocenters. The average molecular weight is 169 g/mol. The van der Waals surface area contributed by atoms with E-state index in [0.29, 0.717) is 12.8 Å². The van der Waals surface area contributed by atoms with Crippen LogP contribution in [-0.2, 0) is 9.53 Å². The normalized spacial score (nSPS) is 9.50. The molecule has 68 valence electrons. The maximum atomic E-state index is 10.9. The second-order valence-electron chi connectivity index (χ2n) is 2.90. The number of nitriles is 1. The lowest BCUT2D eigenvalue weighted by Crippen LogP contribution is -2.10. The topological polar surface area (TPSA) is 50.1 Å². The lowest BCUT2D eigenvalue weighted by Gasteiger charge is -2.06. The zero-order valence-electron chi connectivity index (χ0n) is 7.67. The van der Waals surface area contributed by atoms with Crippen LogP contribution in [0.25, 0.3) is 0 Å². The van der Waals surface area contributed by atoms with Crippen molar-refractivity contribution in [2.75, 3.05) is 0 Å². The summed E-state index contributed by atoms with van der Waals surface area (Å²) in [5.41, 5.74) is 0. The van der Waals surface area contributed by atoms with Crippen LogP contribution in [-0.4, -0.2) is 12.1 Å². The summed E-state index contributed by atoms with van der Waals surface area (Å²) >= 11 is 0. The van der Waals surface area contributed by atoms with Crippen molar-refractivity contribution < 1.29 is 9.53 Å². The fourth-order valence-electron chi connectivity index (χ4n) is 0.795. The van der Waals surface area contributed by atoms with Crippen LogP contribution in [0.1, 0.15) is 39.5 Å². The highest BCUT2D eigenvalue weighted by molar-refractivity contribution is 5.69. The Morgan fingerprint density at radius 3 is 2.67 bits per heavy atom. The fraction of sp³-hybridized carbons (Fsp3) is 0.778. The Bertz CT molecular complexity index is 170. The molecule has 0 heterocycles. The predicted molar refractivity (Wildman–Crippen MR) is 45.3 cm³/mol. The first-order valence-electron chi connectivity index (χ1n) is 4.23. The molecule has 0 fully saturated rings. The number of unbranched alkanes of at least 4 members (excludes halogenated alkanes) is 2. The molecule has 0 N–H and O–H groups in total. The molecular formula is C9H15NO2. The summed E-state index contributed by atoms with van der Waals surface area (Å²) in [7, 11) is 0. The van der Waals surface area contributed by atoms with E-state index in [1.54, 1.807) is 0 Å². The van der Waals surface area contributed by atoms with Crippen molar-refractivity contribution in [2.24, 2.45) is 0 Å². The fourth-order valence-corrected chi connectivity index (χ4v) is 0.795. The second kappa shape index (κ2) is 6.66. The molecule has 0 unspecified atom stereocenters. The van der Waals surface area contributed by atoms with Crippen molar-refractivity contribution in [3.63, 3.8) is 0 Å². The van der Waals surface area contributed by atoms with Crippen LogP contribution in [0.2, 0.25) is 0 Å². The van der Waals surface area contributed by atoms with Gasteiger partial charge < -0.3 is 4.74 Å². The van der Waals surface area contributed by atoms with Crippen molar-refractivity contribution in [1.82, 2.24) is 0 Å². The SMILES string of the molecule is CC(C)OC(=O)CCCCC#N. The third-order valence-electron chi connectivity index (χ3n) is 1.29. The Morgan fingerprint density at radius 2 is 2.17 bits per heavy atom. The summed E-state index contributed by atoms with van der Waals surface area (Å²) in [6.07, 6.45) is 2.45. The largest absolute Gasteiger partial charge is 0.463 e. The monoisotopic (exact) mass is 169 g/mol. The molecule has 3 heteroatoms. The summed E-state index contributed by atoms with van der Waals surface area (Å²) in [5, 5.41) is 8.21. The van der Waals surface area contributed by atoms with Crippen LogP contribution in [0.3, 0.4) is 0 Å². The molecule has 0 aromatic rings. The van der Waals surface area contributed by atoms with E-state index in [1.165, 1.54) is 0 Å². The molecule has 0 aromatic heterocycles. The number of rotatable bonds is 5. The minimum absolute atomic E-state index is 0.0338. The third-order valence-corrected chi connectivity index (χ3v) is 1.29. The maximum absolute atomic E-state index is 10.9. The summed E-state index contributed by atoms with van der Waals surface area (Å²) in [6, 6.07) is 2.03. The predicted octanol–water partition coefficient (Wildman–Crippen LogP) is 2.02. The molecule has 0 saturated carbocycles. The quantitative estimate of drug-likeness (QED) is 0.467. The van der Waals surface area contributed by atoms with Crippen LogP contribution in [0.5, 0.6) is 0 Å². The van der Waals surface area contributed by atoms with E-state index in [0.717, 1.165) is 12.8 Å². The average Bonchev–Trinajstić information content (AvgIpc) is 1.97. The van der Waals surface area contributed by atoms with Gasteiger partial charge in [-0.2, -0.15) is 5.26 Å². The Labute approximate surface area is 73.3 Å². The molecular weight excluding hydrogens is 154 g/mol. The van der Waals surface area contributed by atoms with Gasteiger partial charge in [0, 0.05) is 12.8 Å². The van der Waals surface area contributed by atoms with Crippen LogP contribution in [0.4, 0.5) is 0 Å². The smallest absolute Gasteiger partial charge is 0.306 e. The van der Waals surface area contributed by atoms with Gasteiger partial charge in [-0.05, 0) is 26.7 Å². The molecule has 12 heavy (non-hydrogen) atoms. The van der Waals surface area contributed by atoms with E-state index in [1.807, 2.05) is 19.9 Å². The van der Waals surface area contributed by atoms with Gasteiger partial charge >= 0.3 is 5.97 Å². The molecule has 0 aromatic carbocycles. The Morgan fingerprint density at radius 1 is 1.50 bits per heavy atom. The highest BCUT2D eigenvalue weighted by Gasteiger charge is 2.03. The van der Waals surface area contributed by atoms with Crippen molar-refractivity contribution >= 4 is 5.97 Å². The third kappa shape index (κ3) is 7.07. The van der Waals surface area contributed by atoms with Gasteiger partial charge in [-0.15, -0.1) is 0 Å². The van der Waals surface area contributed by atoms with E-state index in [-0.39, 0.29) is 12.1 Å². The van der Waals surface area contributed by atoms with Crippen molar-refractivity contribution in [3.05, 3.63) is 0 Å². The van der Waals surface area contributed by atoms with Gasteiger partial charge in [-0.3, -0.25) is 4.79 Å². The number of carbonyl (C=O) groups excluding carboxylic acids is 1. The van der Waals surface area contributed by atoms with E-state index in [4.69, 9.17) is 10.00 Å². The highest BCUT2D eigenvalue weighted by atomic mass is 16.5. The molecule has 0 rings (SSSR count). The Balaban J connectivity index is 3.27. The van der Waals surface area contributed by atoms with Crippen LogP contribution in [0.15, 0.2) is 0 Å². The summed E-state index contributed by atoms with van der Waals surface area (Å²) < 4.78 is 4.91. The number of hydrogen-bond acceptors (Lipinski definition) is 3. The molecule has 0 amide bonds. The molecule has 0 aliphatic rings. The van der Waals surface area contributed by atoms with E-state index < -0.39 is 0 Å². The molecule has 3 nitrogen and oxygen atoms in total. The van der Waals surface area contributed by atoms with E-state index >= 15 is 0 Å². The first kappa shape index (κ1) is 11.0. The summed E-state index contributed by atoms with van der Waals surface area (Å²) in [6.45, 7) is 3.65. The maximum Gasteiger partial charge on any atom is 0.306 e. The molecule has 0 aliphatic carbocycles. The number of ether oxygens (including phenoxy) is 1. The minimum Gasteiger partial charge on any atom is -0.463 e. The molecule has 0 bridgehead atoms. The minimum atomic E-state index is -0.164. The summed E-state index contributed by atoms with van der Waals surface area (Å²) in [4.78, 5) is 10.9. The zero-order chi connectivity index (χ0) is 9.40. The van der Waals surface area contributed by atoms with E-state index in [2.05, 4.69) is 0 Å². The van der Waals surface area contributed by atoms with Crippen LogP contribution >= 0.6 is 0 Å². The van der Waals surface area contributed by atoms with Gasteiger partial charge in [0.15, 0.2) is 0 Å².